The lowest BCUT2D eigenvalue weighted by Gasteiger charge is -2.01. The maximum atomic E-state index is 9.63. The Morgan fingerprint density at radius 1 is 1.47 bits per heavy atom. The van der Waals surface area contributed by atoms with Crippen molar-refractivity contribution < 1.29 is 9.63 Å². The number of rotatable bonds is 4. The number of hydrogen-bond donors (Lipinski definition) is 2. The van der Waals surface area contributed by atoms with Gasteiger partial charge in [-0.25, -0.2) is 0 Å². The van der Waals surface area contributed by atoms with Crippen LogP contribution in [0.3, 0.4) is 0 Å². The molecule has 90 valence electrons. The number of halogens is 1. The minimum absolute atomic E-state index is 0.172. The molecule has 0 aliphatic carbocycles. The van der Waals surface area contributed by atoms with E-state index in [0.29, 0.717) is 23.8 Å². The van der Waals surface area contributed by atoms with Crippen molar-refractivity contribution >= 4 is 11.6 Å². The highest BCUT2D eigenvalue weighted by Gasteiger charge is 2.16. The summed E-state index contributed by atoms with van der Waals surface area (Å²) in [6.45, 7) is 0.357. The molecule has 2 aromatic rings. The van der Waals surface area contributed by atoms with Crippen molar-refractivity contribution in [3.63, 3.8) is 0 Å². The van der Waals surface area contributed by atoms with Crippen LogP contribution in [0.4, 0.5) is 0 Å². The van der Waals surface area contributed by atoms with E-state index in [2.05, 4.69) is 10.1 Å². The minimum Gasteiger partial charge on any atom is -0.383 e. The van der Waals surface area contributed by atoms with Crippen LogP contribution in [-0.2, 0) is 0 Å². The third-order valence-corrected chi connectivity index (χ3v) is 2.48. The highest BCUT2D eigenvalue weighted by molar-refractivity contribution is 6.30. The van der Waals surface area contributed by atoms with Crippen molar-refractivity contribution in [2.24, 2.45) is 5.73 Å². The fraction of sp³-hybridized carbons (Fsp3) is 0.273. The second kappa shape index (κ2) is 5.27. The summed E-state index contributed by atoms with van der Waals surface area (Å²) in [5, 5.41) is 14.0. The Morgan fingerprint density at radius 2 is 2.29 bits per heavy atom. The van der Waals surface area contributed by atoms with Gasteiger partial charge in [0.05, 0.1) is 0 Å². The van der Waals surface area contributed by atoms with Crippen LogP contribution in [0, 0.1) is 0 Å². The molecule has 0 spiro atoms. The molecule has 0 saturated carbocycles. The van der Waals surface area contributed by atoms with Crippen LogP contribution in [-0.4, -0.2) is 21.8 Å². The van der Waals surface area contributed by atoms with E-state index in [-0.39, 0.29) is 5.89 Å². The minimum atomic E-state index is -0.819. The van der Waals surface area contributed by atoms with Gasteiger partial charge in [-0.15, -0.1) is 0 Å². The Hall–Kier alpha value is -1.43. The smallest absolute Gasteiger partial charge is 0.255 e. The molecule has 6 heteroatoms. The first-order chi connectivity index (χ1) is 8.20. The molecular weight excluding hydrogens is 242 g/mol. The number of aromatic nitrogens is 2. The predicted molar refractivity (Wildman–Crippen MR) is 63.4 cm³/mol. The van der Waals surface area contributed by atoms with E-state index >= 15 is 0 Å². The number of aliphatic hydroxyl groups excluding tert-OH is 1. The first kappa shape index (κ1) is 12.0. The summed E-state index contributed by atoms with van der Waals surface area (Å²) in [6.07, 6.45) is -0.433. The largest absolute Gasteiger partial charge is 0.383 e. The lowest BCUT2D eigenvalue weighted by molar-refractivity contribution is 0.127. The zero-order valence-corrected chi connectivity index (χ0v) is 9.76. The topological polar surface area (TPSA) is 85.2 Å². The van der Waals surface area contributed by atoms with Gasteiger partial charge in [0.2, 0.25) is 5.82 Å². The third-order valence-electron chi connectivity index (χ3n) is 2.25. The summed E-state index contributed by atoms with van der Waals surface area (Å²) in [5.74, 6) is 0.573. The molecule has 0 radical (unpaired) electrons. The fourth-order valence-corrected chi connectivity index (χ4v) is 1.59. The van der Waals surface area contributed by atoms with E-state index in [1.165, 1.54) is 0 Å². The molecule has 17 heavy (non-hydrogen) atoms. The maximum Gasteiger partial charge on any atom is 0.255 e. The van der Waals surface area contributed by atoms with Crippen molar-refractivity contribution in [3.8, 4) is 11.4 Å². The van der Waals surface area contributed by atoms with Gasteiger partial charge in [0.15, 0.2) is 0 Å². The van der Waals surface area contributed by atoms with Crippen LogP contribution in [0.25, 0.3) is 11.4 Å². The molecule has 0 unspecified atom stereocenters. The molecule has 1 heterocycles. The molecule has 3 N–H and O–H groups in total. The second-order valence-corrected chi connectivity index (χ2v) is 4.00. The highest BCUT2D eigenvalue weighted by atomic mass is 35.5. The molecular formula is C11H12ClN3O2. The van der Waals surface area contributed by atoms with Crippen molar-refractivity contribution in [1.29, 1.82) is 0 Å². The van der Waals surface area contributed by atoms with E-state index in [1.54, 1.807) is 18.2 Å². The van der Waals surface area contributed by atoms with Gasteiger partial charge >= 0.3 is 0 Å². The number of nitrogens with zero attached hydrogens (tertiary/aromatic N) is 2. The quantitative estimate of drug-likeness (QED) is 0.867. The number of hydrogen-bond acceptors (Lipinski definition) is 5. The van der Waals surface area contributed by atoms with Crippen molar-refractivity contribution in [2.75, 3.05) is 6.54 Å². The van der Waals surface area contributed by atoms with Gasteiger partial charge in [0.1, 0.15) is 6.10 Å². The van der Waals surface area contributed by atoms with Crippen molar-refractivity contribution in [1.82, 2.24) is 10.1 Å². The average molecular weight is 254 g/mol. The summed E-state index contributed by atoms with van der Waals surface area (Å²) >= 11 is 5.86. The molecule has 0 aliphatic rings. The Bertz CT molecular complexity index is 501. The third kappa shape index (κ3) is 2.82. The number of aliphatic hydroxyl groups is 1. The van der Waals surface area contributed by atoms with Gasteiger partial charge in [-0.05, 0) is 25.1 Å². The van der Waals surface area contributed by atoms with Gasteiger partial charge < -0.3 is 15.4 Å². The van der Waals surface area contributed by atoms with Crippen LogP contribution in [0.1, 0.15) is 18.4 Å². The van der Waals surface area contributed by atoms with E-state index in [1.807, 2.05) is 6.07 Å². The Kier molecular flexibility index (Phi) is 3.73. The van der Waals surface area contributed by atoms with Crippen LogP contribution in [0.15, 0.2) is 28.8 Å². The molecule has 1 aromatic heterocycles. The molecule has 2 rings (SSSR count). The van der Waals surface area contributed by atoms with E-state index in [9.17, 15) is 5.11 Å². The van der Waals surface area contributed by atoms with E-state index in [4.69, 9.17) is 21.9 Å². The first-order valence-corrected chi connectivity index (χ1v) is 5.56. The molecule has 5 nitrogen and oxygen atoms in total. The van der Waals surface area contributed by atoms with Gasteiger partial charge in [-0.3, -0.25) is 0 Å². The Balaban J connectivity index is 2.23. The summed E-state index contributed by atoms with van der Waals surface area (Å²) in [6, 6.07) is 7.10. The number of benzene rings is 1. The summed E-state index contributed by atoms with van der Waals surface area (Å²) in [4.78, 5) is 4.10. The average Bonchev–Trinajstić information content (AvgIpc) is 2.78. The second-order valence-electron chi connectivity index (χ2n) is 3.56. The molecule has 0 bridgehead atoms. The van der Waals surface area contributed by atoms with Gasteiger partial charge in [0, 0.05) is 10.6 Å². The molecule has 1 atom stereocenters. The zero-order valence-electron chi connectivity index (χ0n) is 9.01. The summed E-state index contributed by atoms with van der Waals surface area (Å²) in [5.41, 5.74) is 6.08. The predicted octanol–water partition coefficient (Wildman–Crippen LogP) is 1.77. The Labute approximate surface area is 103 Å². The normalized spacial score (nSPS) is 12.6. The van der Waals surface area contributed by atoms with Crippen LogP contribution in [0.5, 0.6) is 0 Å². The number of nitrogens with two attached hydrogens (primary N) is 1. The SMILES string of the molecule is NCC[C@H](O)c1nc(-c2cccc(Cl)c2)no1. The van der Waals surface area contributed by atoms with Crippen molar-refractivity contribution in [3.05, 3.63) is 35.2 Å². The molecule has 0 aliphatic heterocycles. The lowest BCUT2D eigenvalue weighted by atomic mass is 10.2. The van der Waals surface area contributed by atoms with Gasteiger partial charge in [-0.1, -0.05) is 28.9 Å². The van der Waals surface area contributed by atoms with Crippen molar-refractivity contribution in [2.45, 2.75) is 12.5 Å². The van der Waals surface area contributed by atoms with Crippen LogP contribution < -0.4 is 5.73 Å². The monoisotopic (exact) mass is 253 g/mol. The van der Waals surface area contributed by atoms with E-state index in [0.717, 1.165) is 5.56 Å². The maximum absolute atomic E-state index is 9.63. The molecule has 0 amide bonds. The molecule has 0 saturated heterocycles. The standard InChI is InChI=1S/C11H12ClN3O2/c12-8-3-1-2-7(6-8)10-14-11(17-15-10)9(16)4-5-13/h1-3,6,9,16H,4-5,13H2/t9-/m0/s1. The first-order valence-electron chi connectivity index (χ1n) is 5.18. The molecule has 0 fully saturated rings. The van der Waals surface area contributed by atoms with Crippen LogP contribution >= 0.6 is 11.6 Å². The zero-order chi connectivity index (χ0) is 12.3. The van der Waals surface area contributed by atoms with E-state index < -0.39 is 6.10 Å². The lowest BCUT2D eigenvalue weighted by Crippen LogP contribution is -2.06. The summed E-state index contributed by atoms with van der Waals surface area (Å²) in [7, 11) is 0. The van der Waals surface area contributed by atoms with Gasteiger partial charge in [0.25, 0.3) is 5.89 Å². The molecule has 1 aromatic carbocycles. The van der Waals surface area contributed by atoms with Gasteiger partial charge in [-0.2, -0.15) is 4.98 Å². The van der Waals surface area contributed by atoms with Crippen LogP contribution in [0.2, 0.25) is 5.02 Å². The summed E-state index contributed by atoms with van der Waals surface area (Å²) < 4.78 is 4.96. The highest BCUT2D eigenvalue weighted by Crippen LogP contribution is 2.22. The fourth-order valence-electron chi connectivity index (χ4n) is 1.40. The Morgan fingerprint density at radius 3 is 3.00 bits per heavy atom.